The molecule has 2 N–H and O–H groups in total. The molecule has 0 aliphatic rings. The van der Waals surface area contributed by atoms with E-state index in [1.807, 2.05) is 13.0 Å². The number of hydrogen-bond donors (Lipinski definition) is 1. The van der Waals surface area contributed by atoms with Crippen LogP contribution < -0.4 is 10.5 Å². The van der Waals surface area contributed by atoms with Crippen LogP contribution in [0.4, 0.5) is 5.69 Å². The van der Waals surface area contributed by atoms with Gasteiger partial charge in [-0.1, -0.05) is 12.1 Å². The molecule has 1 heterocycles. The number of nitro groups is 1. The summed E-state index contributed by atoms with van der Waals surface area (Å²) in [6.45, 7) is 2.05. The third kappa shape index (κ3) is 4.25. The van der Waals surface area contributed by atoms with Crippen molar-refractivity contribution >= 4 is 5.69 Å². The number of aromatic nitrogens is 1. The molecule has 110 valence electrons. The number of nitrogens with zero attached hydrogens (tertiary/aromatic N) is 2. The zero-order valence-electron chi connectivity index (χ0n) is 11.7. The van der Waals surface area contributed by atoms with Crippen LogP contribution in [0.3, 0.4) is 0 Å². The minimum Gasteiger partial charge on any atom is -0.487 e. The Bertz CT molecular complexity index is 612. The van der Waals surface area contributed by atoms with Gasteiger partial charge in [-0.25, -0.2) is 0 Å². The van der Waals surface area contributed by atoms with Crippen LogP contribution in [-0.2, 0) is 13.0 Å². The fourth-order valence-electron chi connectivity index (χ4n) is 1.92. The summed E-state index contributed by atoms with van der Waals surface area (Å²) in [6.07, 6.45) is 2.30. The summed E-state index contributed by atoms with van der Waals surface area (Å²) in [4.78, 5) is 14.7. The summed E-state index contributed by atoms with van der Waals surface area (Å²) in [5.41, 5.74) is 7.18. The van der Waals surface area contributed by atoms with Crippen LogP contribution in [0.2, 0.25) is 0 Å². The number of para-hydroxylation sites is 1. The molecule has 0 fully saturated rings. The van der Waals surface area contributed by atoms with E-state index in [0.29, 0.717) is 17.7 Å². The Morgan fingerprint density at radius 3 is 2.71 bits per heavy atom. The Labute approximate surface area is 122 Å². The predicted molar refractivity (Wildman–Crippen MR) is 79.0 cm³/mol. The molecular weight excluding hydrogens is 270 g/mol. The molecule has 1 aromatic heterocycles. The molecule has 2 aromatic rings. The van der Waals surface area contributed by atoms with E-state index < -0.39 is 4.92 Å². The lowest BCUT2D eigenvalue weighted by molar-refractivity contribution is -0.385. The van der Waals surface area contributed by atoms with E-state index in [4.69, 9.17) is 10.5 Å². The molecule has 0 amide bonds. The van der Waals surface area contributed by atoms with E-state index in [-0.39, 0.29) is 18.3 Å². The summed E-state index contributed by atoms with van der Waals surface area (Å²) in [7, 11) is 0. The minimum atomic E-state index is -0.414. The van der Waals surface area contributed by atoms with Gasteiger partial charge in [-0.05, 0) is 25.1 Å². The maximum Gasteiger partial charge on any atom is 0.276 e. The average Bonchev–Trinajstić information content (AvgIpc) is 2.46. The highest BCUT2D eigenvalue weighted by Crippen LogP contribution is 2.20. The van der Waals surface area contributed by atoms with Crippen LogP contribution in [0.5, 0.6) is 5.75 Å². The van der Waals surface area contributed by atoms with Crippen molar-refractivity contribution < 1.29 is 9.66 Å². The summed E-state index contributed by atoms with van der Waals surface area (Å²) in [5, 5.41) is 10.9. The molecule has 21 heavy (non-hydrogen) atoms. The lowest BCUT2D eigenvalue weighted by atomic mass is 10.2. The fraction of sp³-hybridized carbons (Fsp3) is 0.267. The highest BCUT2D eigenvalue weighted by atomic mass is 16.6. The van der Waals surface area contributed by atoms with Gasteiger partial charge in [0.2, 0.25) is 0 Å². The summed E-state index contributed by atoms with van der Waals surface area (Å²) in [6, 6.07) is 10.2. The standard InChI is InChI=1S/C15H17N3O3/c1-11(16)8-13-6-7-14(9-17-13)21-10-12-4-2-3-5-15(12)18(19)20/h2-7,9,11H,8,10,16H2,1H3. The first-order valence-corrected chi connectivity index (χ1v) is 6.62. The number of benzene rings is 1. The highest BCUT2D eigenvalue weighted by molar-refractivity contribution is 5.39. The maximum atomic E-state index is 10.9. The molecule has 0 aliphatic carbocycles. The number of hydrogen-bond acceptors (Lipinski definition) is 5. The van der Waals surface area contributed by atoms with Crippen LogP contribution in [0.25, 0.3) is 0 Å². The Kier molecular flexibility index (Phi) is 4.84. The molecule has 1 unspecified atom stereocenters. The zero-order chi connectivity index (χ0) is 15.2. The number of nitrogens with two attached hydrogens (primary N) is 1. The minimum absolute atomic E-state index is 0.0521. The number of pyridine rings is 1. The smallest absolute Gasteiger partial charge is 0.276 e. The first-order chi connectivity index (χ1) is 10.1. The van der Waals surface area contributed by atoms with Gasteiger partial charge < -0.3 is 10.5 Å². The third-order valence-electron chi connectivity index (χ3n) is 2.91. The second-order valence-electron chi connectivity index (χ2n) is 4.84. The number of ether oxygens (including phenoxy) is 1. The van der Waals surface area contributed by atoms with Crippen LogP contribution in [0, 0.1) is 10.1 Å². The van der Waals surface area contributed by atoms with Gasteiger partial charge in [0, 0.05) is 24.2 Å². The highest BCUT2D eigenvalue weighted by Gasteiger charge is 2.12. The first kappa shape index (κ1) is 14.9. The van der Waals surface area contributed by atoms with Crippen molar-refractivity contribution in [3.63, 3.8) is 0 Å². The van der Waals surface area contributed by atoms with Gasteiger partial charge in [0.15, 0.2) is 0 Å². The molecular formula is C15H17N3O3. The van der Waals surface area contributed by atoms with E-state index in [1.54, 1.807) is 30.5 Å². The normalized spacial score (nSPS) is 11.9. The van der Waals surface area contributed by atoms with Crippen molar-refractivity contribution in [1.29, 1.82) is 0 Å². The quantitative estimate of drug-likeness (QED) is 0.651. The van der Waals surface area contributed by atoms with Crippen molar-refractivity contribution in [2.45, 2.75) is 26.0 Å². The predicted octanol–water partition coefficient (Wildman–Crippen LogP) is 2.46. The van der Waals surface area contributed by atoms with Gasteiger partial charge in [-0.2, -0.15) is 0 Å². The third-order valence-corrected chi connectivity index (χ3v) is 2.91. The largest absolute Gasteiger partial charge is 0.487 e. The molecule has 0 aliphatic heterocycles. The van der Waals surface area contributed by atoms with E-state index in [9.17, 15) is 10.1 Å². The first-order valence-electron chi connectivity index (χ1n) is 6.62. The molecule has 6 nitrogen and oxygen atoms in total. The second kappa shape index (κ2) is 6.81. The molecule has 6 heteroatoms. The maximum absolute atomic E-state index is 10.9. The molecule has 1 aromatic carbocycles. The van der Waals surface area contributed by atoms with Crippen molar-refractivity contribution in [3.05, 3.63) is 64.0 Å². The zero-order valence-corrected chi connectivity index (χ0v) is 11.7. The average molecular weight is 287 g/mol. The van der Waals surface area contributed by atoms with Gasteiger partial charge in [0.25, 0.3) is 5.69 Å². The molecule has 0 saturated carbocycles. The van der Waals surface area contributed by atoms with Gasteiger partial charge in [-0.3, -0.25) is 15.1 Å². The van der Waals surface area contributed by atoms with Crippen molar-refractivity contribution in [1.82, 2.24) is 4.98 Å². The van der Waals surface area contributed by atoms with E-state index in [2.05, 4.69) is 4.98 Å². The van der Waals surface area contributed by atoms with Crippen LogP contribution in [0.15, 0.2) is 42.6 Å². The summed E-state index contributed by atoms with van der Waals surface area (Å²) >= 11 is 0. The molecule has 0 saturated heterocycles. The molecule has 2 rings (SSSR count). The summed E-state index contributed by atoms with van der Waals surface area (Å²) < 4.78 is 5.54. The molecule has 0 spiro atoms. The van der Waals surface area contributed by atoms with Crippen molar-refractivity contribution in [3.8, 4) is 5.75 Å². The number of rotatable bonds is 6. The Hall–Kier alpha value is -2.47. The Morgan fingerprint density at radius 2 is 2.10 bits per heavy atom. The Morgan fingerprint density at radius 1 is 1.33 bits per heavy atom. The fourth-order valence-corrected chi connectivity index (χ4v) is 1.92. The van der Waals surface area contributed by atoms with E-state index >= 15 is 0 Å². The topological polar surface area (TPSA) is 91.3 Å². The monoisotopic (exact) mass is 287 g/mol. The SMILES string of the molecule is CC(N)Cc1ccc(OCc2ccccc2[N+](=O)[O-])cn1. The second-order valence-corrected chi connectivity index (χ2v) is 4.84. The van der Waals surface area contributed by atoms with Crippen molar-refractivity contribution in [2.24, 2.45) is 5.73 Å². The van der Waals surface area contributed by atoms with Gasteiger partial charge in [-0.15, -0.1) is 0 Å². The molecule has 1 atom stereocenters. The molecule has 0 bridgehead atoms. The van der Waals surface area contributed by atoms with Gasteiger partial charge in [0.1, 0.15) is 12.4 Å². The van der Waals surface area contributed by atoms with Gasteiger partial charge in [0.05, 0.1) is 16.7 Å². The molecule has 0 radical (unpaired) electrons. The van der Waals surface area contributed by atoms with E-state index in [1.165, 1.54) is 6.07 Å². The van der Waals surface area contributed by atoms with Crippen molar-refractivity contribution in [2.75, 3.05) is 0 Å². The number of nitro benzene ring substituents is 1. The lowest BCUT2D eigenvalue weighted by Gasteiger charge is -2.08. The van der Waals surface area contributed by atoms with Crippen LogP contribution in [0.1, 0.15) is 18.2 Å². The van der Waals surface area contributed by atoms with E-state index in [0.717, 1.165) is 5.69 Å². The lowest BCUT2D eigenvalue weighted by Crippen LogP contribution is -2.18. The van der Waals surface area contributed by atoms with Crippen LogP contribution in [-0.4, -0.2) is 15.9 Å². The van der Waals surface area contributed by atoms with Crippen LogP contribution >= 0.6 is 0 Å². The summed E-state index contributed by atoms with van der Waals surface area (Å²) in [5.74, 6) is 0.571. The Balaban J connectivity index is 2.02. The van der Waals surface area contributed by atoms with Gasteiger partial charge >= 0.3 is 0 Å².